The standard InChI is InChI=1S/C37H36Cl2N6O5/c1-44-18-23(16-40-11-12-46)14-29(36(44)48)35(47)43-30-8-4-7-28(33(30)39)27-6-3-5-24(32(27)38)15-31-34-25(9-10-41-31)13-22(17-42-34)19-45-20-26(21-45)37(49)50-2/h3-10,13-14,17-18,26,40,46H,11-12,15-16,19-21H2,1-2H3,(H,43,47). The summed E-state index contributed by atoms with van der Waals surface area (Å²) < 4.78 is 6.19. The Kier molecular flexibility index (Phi) is 10.9. The monoisotopic (exact) mass is 714 g/mol. The Morgan fingerprint density at radius 1 is 1.02 bits per heavy atom. The molecule has 258 valence electrons. The maximum Gasteiger partial charge on any atom is 0.311 e. The van der Waals surface area contributed by atoms with Gasteiger partial charge in [0.15, 0.2) is 0 Å². The molecule has 0 aliphatic carbocycles. The Morgan fingerprint density at radius 2 is 1.78 bits per heavy atom. The first-order valence-electron chi connectivity index (χ1n) is 16.1. The second-order valence-electron chi connectivity index (χ2n) is 12.2. The highest BCUT2D eigenvalue weighted by Gasteiger charge is 2.33. The van der Waals surface area contributed by atoms with E-state index in [0.717, 1.165) is 27.7 Å². The number of aliphatic hydroxyl groups is 1. The number of anilines is 1. The number of carbonyl (C=O) groups excluding carboxylic acids is 2. The summed E-state index contributed by atoms with van der Waals surface area (Å²) in [5, 5.41) is 16.6. The molecule has 1 aliphatic heterocycles. The molecule has 13 heteroatoms. The third-order valence-electron chi connectivity index (χ3n) is 8.71. The number of amides is 1. The minimum atomic E-state index is -0.596. The number of aromatic nitrogens is 3. The normalized spacial score (nSPS) is 13.3. The van der Waals surface area contributed by atoms with Crippen LogP contribution in [0.25, 0.3) is 22.0 Å². The Balaban J connectivity index is 1.21. The van der Waals surface area contributed by atoms with Gasteiger partial charge in [-0.2, -0.15) is 0 Å². The minimum absolute atomic E-state index is 0.0268. The van der Waals surface area contributed by atoms with Gasteiger partial charge in [-0.15, -0.1) is 0 Å². The van der Waals surface area contributed by atoms with Gasteiger partial charge in [-0.05, 0) is 41.0 Å². The maximum absolute atomic E-state index is 13.3. The van der Waals surface area contributed by atoms with Crippen molar-refractivity contribution in [3.05, 3.63) is 122 Å². The average molecular weight is 716 g/mol. The SMILES string of the molecule is COC(=O)C1CN(Cc2cnc3c(Cc4cccc(-c5cccc(NC(=O)c6cc(CNCCO)cn(C)c6=O)c5Cl)c4Cl)nccc3c2)C1. The van der Waals surface area contributed by atoms with E-state index in [1.807, 2.05) is 36.5 Å². The molecule has 6 rings (SSSR count). The van der Waals surface area contributed by atoms with Gasteiger partial charge in [-0.25, -0.2) is 0 Å². The number of esters is 1. The average Bonchev–Trinajstić information content (AvgIpc) is 3.09. The fourth-order valence-electron chi connectivity index (χ4n) is 6.14. The second-order valence-corrected chi connectivity index (χ2v) is 13.0. The summed E-state index contributed by atoms with van der Waals surface area (Å²) in [6.07, 6.45) is 5.67. The van der Waals surface area contributed by atoms with Gasteiger partial charge < -0.3 is 25.0 Å². The topological polar surface area (TPSA) is 139 Å². The number of rotatable bonds is 12. The number of ether oxygens (including phenoxy) is 1. The zero-order chi connectivity index (χ0) is 35.4. The van der Waals surface area contributed by atoms with Crippen molar-refractivity contribution in [1.82, 2.24) is 24.8 Å². The summed E-state index contributed by atoms with van der Waals surface area (Å²) in [6.45, 7) is 2.75. The van der Waals surface area contributed by atoms with Crippen LogP contribution in [0.15, 0.2) is 78.0 Å². The van der Waals surface area contributed by atoms with Gasteiger partial charge in [-0.3, -0.25) is 29.3 Å². The van der Waals surface area contributed by atoms with E-state index in [0.29, 0.717) is 66.5 Å². The highest BCUT2D eigenvalue weighted by Crippen LogP contribution is 2.39. The van der Waals surface area contributed by atoms with Gasteiger partial charge in [-0.1, -0.05) is 53.5 Å². The van der Waals surface area contributed by atoms with Crippen LogP contribution < -0.4 is 16.2 Å². The van der Waals surface area contributed by atoms with Gasteiger partial charge in [0, 0.05) is 81.3 Å². The summed E-state index contributed by atoms with van der Waals surface area (Å²) >= 11 is 13.9. The van der Waals surface area contributed by atoms with Gasteiger partial charge in [0.1, 0.15) is 5.56 Å². The van der Waals surface area contributed by atoms with E-state index in [2.05, 4.69) is 26.6 Å². The Bertz CT molecular complexity index is 2130. The van der Waals surface area contributed by atoms with Crippen LogP contribution in [-0.2, 0) is 36.1 Å². The van der Waals surface area contributed by atoms with Crippen molar-refractivity contribution in [3.63, 3.8) is 0 Å². The smallest absolute Gasteiger partial charge is 0.311 e. The van der Waals surface area contributed by atoms with Crippen LogP contribution in [0.2, 0.25) is 10.0 Å². The number of methoxy groups -OCH3 is 1. The van der Waals surface area contributed by atoms with Crippen LogP contribution >= 0.6 is 23.2 Å². The van der Waals surface area contributed by atoms with E-state index in [1.165, 1.54) is 17.7 Å². The van der Waals surface area contributed by atoms with E-state index in [-0.39, 0.29) is 29.1 Å². The molecule has 4 heterocycles. The molecule has 0 atom stereocenters. The Hall–Kier alpha value is -4.65. The zero-order valence-corrected chi connectivity index (χ0v) is 29.1. The number of halogens is 2. The fourth-order valence-corrected chi connectivity index (χ4v) is 6.71. The van der Waals surface area contributed by atoms with Crippen LogP contribution in [0.4, 0.5) is 5.69 Å². The molecule has 1 aliphatic rings. The molecule has 11 nitrogen and oxygen atoms in total. The van der Waals surface area contributed by atoms with Crippen molar-refractivity contribution in [2.24, 2.45) is 13.0 Å². The molecule has 1 saturated heterocycles. The molecule has 0 radical (unpaired) electrons. The summed E-state index contributed by atoms with van der Waals surface area (Å²) in [5.74, 6) is -0.847. The lowest BCUT2D eigenvalue weighted by Gasteiger charge is -2.37. The lowest BCUT2D eigenvalue weighted by Crippen LogP contribution is -2.49. The molecule has 0 spiro atoms. The predicted molar refractivity (Wildman–Crippen MR) is 193 cm³/mol. The number of aryl methyl sites for hydroxylation is 1. The van der Waals surface area contributed by atoms with Gasteiger partial charge >= 0.3 is 5.97 Å². The van der Waals surface area contributed by atoms with Crippen LogP contribution in [0.3, 0.4) is 0 Å². The van der Waals surface area contributed by atoms with Gasteiger partial charge in [0.2, 0.25) is 0 Å². The number of hydrogen-bond acceptors (Lipinski definition) is 9. The van der Waals surface area contributed by atoms with Crippen molar-refractivity contribution in [1.29, 1.82) is 0 Å². The molecule has 50 heavy (non-hydrogen) atoms. The third-order valence-corrected chi connectivity index (χ3v) is 9.56. The number of likely N-dealkylation sites (tertiary alicyclic amines) is 1. The highest BCUT2D eigenvalue weighted by molar-refractivity contribution is 6.39. The number of nitrogens with one attached hydrogen (secondary N) is 2. The van der Waals surface area contributed by atoms with Crippen molar-refractivity contribution < 1.29 is 19.4 Å². The number of hydrogen-bond donors (Lipinski definition) is 3. The van der Waals surface area contributed by atoms with Crippen molar-refractivity contribution in [2.75, 3.05) is 38.7 Å². The molecule has 5 aromatic rings. The molecule has 1 fully saturated rings. The number of carbonyl (C=O) groups is 2. The summed E-state index contributed by atoms with van der Waals surface area (Å²) in [5.41, 5.74) is 5.26. The molecule has 0 unspecified atom stereocenters. The third kappa shape index (κ3) is 7.57. The molecule has 0 saturated carbocycles. The van der Waals surface area contributed by atoms with Crippen molar-refractivity contribution in [3.8, 4) is 11.1 Å². The first-order valence-corrected chi connectivity index (χ1v) is 16.8. The number of aliphatic hydroxyl groups excluding tert-OH is 1. The largest absolute Gasteiger partial charge is 0.469 e. The minimum Gasteiger partial charge on any atom is -0.469 e. The second kappa shape index (κ2) is 15.5. The maximum atomic E-state index is 13.3. The highest BCUT2D eigenvalue weighted by atomic mass is 35.5. The van der Waals surface area contributed by atoms with Crippen LogP contribution in [-0.4, -0.2) is 69.8 Å². The van der Waals surface area contributed by atoms with Crippen molar-refractivity contribution in [2.45, 2.75) is 19.5 Å². The number of fused-ring (bicyclic) bond motifs is 1. The van der Waals surface area contributed by atoms with Crippen LogP contribution in [0.1, 0.15) is 32.7 Å². The molecule has 3 aromatic heterocycles. The predicted octanol–water partition coefficient (Wildman–Crippen LogP) is 4.83. The summed E-state index contributed by atoms with van der Waals surface area (Å²) in [7, 11) is 2.99. The molecule has 2 aromatic carbocycles. The summed E-state index contributed by atoms with van der Waals surface area (Å²) in [6, 6.07) is 16.5. The molecule has 3 N–H and O–H groups in total. The molecular weight excluding hydrogens is 679 g/mol. The lowest BCUT2D eigenvalue weighted by atomic mass is 9.98. The molecular formula is C37H36Cl2N6O5. The molecule has 0 bridgehead atoms. The fraction of sp³-hybridized carbons (Fsp3) is 0.270. The Labute approximate surface area is 298 Å². The van der Waals surface area contributed by atoms with E-state index < -0.39 is 11.5 Å². The van der Waals surface area contributed by atoms with E-state index >= 15 is 0 Å². The first kappa shape index (κ1) is 35.2. The molecule has 1 amide bonds. The van der Waals surface area contributed by atoms with Crippen molar-refractivity contribution >= 4 is 51.7 Å². The van der Waals surface area contributed by atoms with Crippen LogP contribution in [0, 0.1) is 5.92 Å². The van der Waals surface area contributed by atoms with E-state index in [9.17, 15) is 14.4 Å². The van der Waals surface area contributed by atoms with Gasteiger partial charge in [0.05, 0.1) is 46.6 Å². The number of pyridine rings is 3. The van der Waals surface area contributed by atoms with Crippen LogP contribution in [0.5, 0.6) is 0 Å². The number of nitrogens with zero attached hydrogens (tertiary/aromatic N) is 4. The van der Waals surface area contributed by atoms with E-state index in [1.54, 1.807) is 31.6 Å². The van der Waals surface area contributed by atoms with Gasteiger partial charge in [0.25, 0.3) is 11.5 Å². The van der Waals surface area contributed by atoms with E-state index in [4.69, 9.17) is 38.0 Å². The lowest BCUT2D eigenvalue weighted by molar-refractivity contribution is -0.151. The quantitative estimate of drug-likeness (QED) is 0.123. The Morgan fingerprint density at radius 3 is 2.54 bits per heavy atom. The zero-order valence-electron chi connectivity index (χ0n) is 27.6. The number of benzene rings is 2. The first-order chi connectivity index (χ1) is 24.2. The summed E-state index contributed by atoms with van der Waals surface area (Å²) in [4.78, 5) is 49.5.